The van der Waals surface area contributed by atoms with E-state index in [9.17, 15) is 9.50 Å². The minimum Gasteiger partial charge on any atom is -0.394 e. The summed E-state index contributed by atoms with van der Waals surface area (Å²) in [6.07, 6.45) is 4.08. The van der Waals surface area contributed by atoms with Crippen molar-refractivity contribution in [2.24, 2.45) is 11.7 Å². The van der Waals surface area contributed by atoms with Gasteiger partial charge in [-0.2, -0.15) is 0 Å². The number of hydrogen-bond acceptors (Lipinski definition) is 3. The molecule has 1 aromatic carbocycles. The highest BCUT2D eigenvalue weighted by Crippen LogP contribution is 2.36. The maximum absolute atomic E-state index is 13.0. The minimum atomic E-state index is -0.401. The Hall–Kier alpha value is -1.13. The molecule has 20 heavy (non-hydrogen) atoms. The SMILES string of the molecule is CCN(CCC1CCCC1(N)CO)c1ccc(F)cc1. The first kappa shape index (κ1) is 15.3. The molecule has 1 aliphatic rings. The van der Waals surface area contributed by atoms with Crippen LogP contribution in [-0.2, 0) is 0 Å². The fourth-order valence-electron chi connectivity index (χ4n) is 3.24. The van der Waals surface area contributed by atoms with Gasteiger partial charge >= 0.3 is 0 Å². The average Bonchev–Trinajstić information content (AvgIpc) is 2.83. The number of nitrogens with zero attached hydrogens (tertiary/aromatic N) is 1. The lowest BCUT2D eigenvalue weighted by molar-refractivity contribution is 0.156. The molecular weight excluding hydrogens is 255 g/mol. The molecule has 1 saturated carbocycles. The first-order valence-corrected chi connectivity index (χ1v) is 7.49. The smallest absolute Gasteiger partial charge is 0.123 e. The van der Waals surface area contributed by atoms with Gasteiger partial charge in [0.25, 0.3) is 0 Å². The third kappa shape index (κ3) is 3.30. The molecule has 3 N–H and O–H groups in total. The third-order valence-electron chi connectivity index (χ3n) is 4.62. The average molecular weight is 280 g/mol. The van der Waals surface area contributed by atoms with Crippen LogP contribution in [0.25, 0.3) is 0 Å². The zero-order valence-electron chi connectivity index (χ0n) is 12.2. The summed E-state index contributed by atoms with van der Waals surface area (Å²) in [4.78, 5) is 2.23. The van der Waals surface area contributed by atoms with Crippen LogP contribution in [0, 0.1) is 11.7 Å². The fourth-order valence-corrected chi connectivity index (χ4v) is 3.24. The number of halogens is 1. The van der Waals surface area contributed by atoms with E-state index in [2.05, 4.69) is 11.8 Å². The monoisotopic (exact) mass is 280 g/mol. The van der Waals surface area contributed by atoms with Crippen molar-refractivity contribution in [2.75, 3.05) is 24.6 Å². The summed E-state index contributed by atoms with van der Waals surface area (Å²) >= 11 is 0. The van der Waals surface area contributed by atoms with Crippen molar-refractivity contribution in [1.82, 2.24) is 0 Å². The van der Waals surface area contributed by atoms with Crippen molar-refractivity contribution in [3.8, 4) is 0 Å². The van der Waals surface area contributed by atoms with Crippen molar-refractivity contribution in [1.29, 1.82) is 0 Å². The second-order valence-corrected chi connectivity index (χ2v) is 5.83. The van der Waals surface area contributed by atoms with Gasteiger partial charge in [0.1, 0.15) is 5.82 Å². The van der Waals surface area contributed by atoms with Crippen molar-refractivity contribution in [2.45, 2.75) is 38.1 Å². The summed E-state index contributed by atoms with van der Waals surface area (Å²) < 4.78 is 13.0. The lowest BCUT2D eigenvalue weighted by Crippen LogP contribution is -2.47. The molecule has 0 radical (unpaired) electrons. The van der Waals surface area contributed by atoms with E-state index in [1.807, 2.05) is 12.1 Å². The number of rotatable bonds is 6. The van der Waals surface area contributed by atoms with Gasteiger partial charge in [0.05, 0.1) is 6.61 Å². The van der Waals surface area contributed by atoms with Crippen LogP contribution in [-0.4, -0.2) is 30.3 Å². The Kier molecular flexibility index (Phi) is 5.00. The summed E-state index contributed by atoms with van der Waals surface area (Å²) in [6.45, 7) is 3.95. The predicted octanol–water partition coefficient (Wildman–Crippen LogP) is 2.53. The zero-order valence-corrected chi connectivity index (χ0v) is 12.2. The summed E-state index contributed by atoms with van der Waals surface area (Å²) in [5.41, 5.74) is 6.91. The van der Waals surface area contributed by atoms with Crippen molar-refractivity contribution in [3.05, 3.63) is 30.1 Å². The molecule has 2 rings (SSSR count). The van der Waals surface area contributed by atoms with Crippen LogP contribution in [0.5, 0.6) is 0 Å². The number of aliphatic hydroxyl groups is 1. The Labute approximate surface area is 120 Å². The Balaban J connectivity index is 1.96. The van der Waals surface area contributed by atoms with Crippen LogP contribution < -0.4 is 10.6 Å². The van der Waals surface area contributed by atoms with E-state index in [1.165, 1.54) is 12.1 Å². The second kappa shape index (κ2) is 6.55. The van der Waals surface area contributed by atoms with Crippen LogP contribution in [0.2, 0.25) is 0 Å². The third-order valence-corrected chi connectivity index (χ3v) is 4.62. The molecule has 0 spiro atoms. The molecule has 1 aromatic rings. The number of benzene rings is 1. The lowest BCUT2D eigenvalue weighted by atomic mass is 9.86. The molecule has 0 aromatic heterocycles. The van der Waals surface area contributed by atoms with Gasteiger partial charge in [-0.1, -0.05) is 6.42 Å². The molecule has 3 nitrogen and oxygen atoms in total. The van der Waals surface area contributed by atoms with Gasteiger partial charge in [0, 0.05) is 24.3 Å². The van der Waals surface area contributed by atoms with E-state index < -0.39 is 5.54 Å². The largest absolute Gasteiger partial charge is 0.394 e. The molecule has 2 atom stereocenters. The molecule has 0 heterocycles. The molecule has 1 fully saturated rings. The van der Waals surface area contributed by atoms with Gasteiger partial charge in [-0.25, -0.2) is 4.39 Å². The summed E-state index contributed by atoms with van der Waals surface area (Å²) in [7, 11) is 0. The van der Waals surface area contributed by atoms with E-state index >= 15 is 0 Å². The molecule has 0 aliphatic heterocycles. The van der Waals surface area contributed by atoms with Crippen LogP contribution in [0.15, 0.2) is 24.3 Å². The maximum atomic E-state index is 13.0. The number of nitrogens with two attached hydrogens (primary N) is 1. The molecular formula is C16H25FN2O. The summed E-state index contributed by atoms with van der Waals surface area (Å²) in [5, 5.41) is 9.49. The van der Waals surface area contributed by atoms with Crippen LogP contribution in [0.1, 0.15) is 32.6 Å². The van der Waals surface area contributed by atoms with Crippen LogP contribution in [0.3, 0.4) is 0 Å². The molecule has 0 bridgehead atoms. The molecule has 4 heteroatoms. The van der Waals surface area contributed by atoms with Crippen LogP contribution in [0.4, 0.5) is 10.1 Å². The number of hydrogen-bond donors (Lipinski definition) is 2. The number of anilines is 1. The van der Waals surface area contributed by atoms with E-state index in [0.29, 0.717) is 5.92 Å². The Morgan fingerprint density at radius 3 is 2.70 bits per heavy atom. The quantitative estimate of drug-likeness (QED) is 0.842. The highest BCUT2D eigenvalue weighted by molar-refractivity contribution is 5.46. The minimum absolute atomic E-state index is 0.0698. The van der Waals surface area contributed by atoms with E-state index in [0.717, 1.165) is 44.5 Å². The van der Waals surface area contributed by atoms with Crippen molar-refractivity contribution < 1.29 is 9.50 Å². The topological polar surface area (TPSA) is 49.5 Å². The second-order valence-electron chi connectivity index (χ2n) is 5.83. The molecule has 0 saturated heterocycles. The van der Waals surface area contributed by atoms with E-state index in [-0.39, 0.29) is 12.4 Å². The lowest BCUT2D eigenvalue weighted by Gasteiger charge is -2.32. The molecule has 0 amide bonds. The molecule has 2 unspecified atom stereocenters. The first-order valence-electron chi connectivity index (χ1n) is 7.49. The Morgan fingerprint density at radius 1 is 1.40 bits per heavy atom. The summed E-state index contributed by atoms with van der Waals surface area (Å²) in [6, 6.07) is 6.62. The molecule has 1 aliphatic carbocycles. The maximum Gasteiger partial charge on any atom is 0.123 e. The van der Waals surface area contributed by atoms with Gasteiger partial charge in [-0.05, 0) is 56.4 Å². The fraction of sp³-hybridized carbons (Fsp3) is 0.625. The van der Waals surface area contributed by atoms with Gasteiger partial charge < -0.3 is 15.7 Å². The predicted molar refractivity (Wildman–Crippen MR) is 80.2 cm³/mol. The van der Waals surface area contributed by atoms with Crippen molar-refractivity contribution >= 4 is 5.69 Å². The van der Waals surface area contributed by atoms with Gasteiger partial charge in [0.15, 0.2) is 0 Å². The zero-order chi connectivity index (χ0) is 14.6. The molecule has 112 valence electrons. The van der Waals surface area contributed by atoms with Crippen LogP contribution >= 0.6 is 0 Å². The highest BCUT2D eigenvalue weighted by Gasteiger charge is 2.38. The van der Waals surface area contributed by atoms with Crippen molar-refractivity contribution in [3.63, 3.8) is 0 Å². The normalized spacial score (nSPS) is 25.9. The summed E-state index contributed by atoms with van der Waals surface area (Å²) in [5.74, 6) is 0.170. The van der Waals surface area contributed by atoms with Gasteiger partial charge in [-0.3, -0.25) is 0 Å². The highest BCUT2D eigenvalue weighted by atomic mass is 19.1. The van der Waals surface area contributed by atoms with E-state index in [1.54, 1.807) is 0 Å². The number of aliphatic hydroxyl groups excluding tert-OH is 1. The van der Waals surface area contributed by atoms with Gasteiger partial charge in [0.2, 0.25) is 0 Å². The first-order chi connectivity index (χ1) is 9.59. The van der Waals surface area contributed by atoms with Gasteiger partial charge in [-0.15, -0.1) is 0 Å². The van der Waals surface area contributed by atoms with E-state index in [4.69, 9.17) is 5.73 Å². The standard InChI is InChI=1S/C16H25FN2O/c1-2-19(15-7-5-14(17)6-8-15)11-9-13-4-3-10-16(13,18)12-20/h5-8,13,20H,2-4,9-12,18H2,1H3. The Bertz CT molecular complexity index is 423. The Morgan fingerprint density at radius 2 is 2.10 bits per heavy atom.